The molecular formula is C16H16BNO6. The number of aromatic carboxylic acids is 1. The van der Waals surface area contributed by atoms with Gasteiger partial charge in [0, 0.05) is 5.56 Å². The third-order valence-electron chi connectivity index (χ3n) is 3.50. The van der Waals surface area contributed by atoms with Crippen LogP contribution in [0.2, 0.25) is 0 Å². The van der Waals surface area contributed by atoms with Gasteiger partial charge in [0.05, 0.1) is 5.94 Å². The molecule has 1 atom stereocenters. The molecule has 7 nitrogen and oxygen atoms in total. The van der Waals surface area contributed by atoms with E-state index in [0.29, 0.717) is 5.56 Å². The van der Waals surface area contributed by atoms with Gasteiger partial charge in [0.15, 0.2) is 0 Å². The number of rotatable bonds is 6. The molecule has 0 heterocycles. The van der Waals surface area contributed by atoms with Gasteiger partial charge < -0.3 is 25.6 Å². The van der Waals surface area contributed by atoms with Crippen molar-refractivity contribution in [1.29, 1.82) is 0 Å². The Morgan fingerprint density at radius 3 is 2.29 bits per heavy atom. The molecule has 0 saturated carbocycles. The Morgan fingerprint density at radius 2 is 1.71 bits per heavy atom. The minimum Gasteiger partial charge on any atom is -0.507 e. The Morgan fingerprint density at radius 1 is 1.04 bits per heavy atom. The molecule has 0 saturated heterocycles. The molecule has 0 bridgehead atoms. The summed E-state index contributed by atoms with van der Waals surface area (Å²) >= 11 is 0. The molecule has 124 valence electrons. The summed E-state index contributed by atoms with van der Waals surface area (Å²) in [6.07, 6.45) is -0.150. The number of phenols is 1. The van der Waals surface area contributed by atoms with E-state index in [1.54, 1.807) is 30.3 Å². The van der Waals surface area contributed by atoms with Gasteiger partial charge in [0.25, 0.3) is 5.91 Å². The lowest BCUT2D eigenvalue weighted by molar-refractivity contribution is 0.0693. The molecule has 5 N–H and O–H groups in total. The second-order valence-electron chi connectivity index (χ2n) is 5.18. The third kappa shape index (κ3) is 4.12. The lowest BCUT2D eigenvalue weighted by atomic mass is 9.75. The molecule has 0 aliphatic rings. The maximum Gasteiger partial charge on any atom is 0.475 e. The highest BCUT2D eigenvalue weighted by Gasteiger charge is 2.27. The number of carbonyl (C=O) groups excluding carboxylic acids is 1. The zero-order valence-corrected chi connectivity index (χ0v) is 12.6. The van der Waals surface area contributed by atoms with Crippen LogP contribution in [0.4, 0.5) is 0 Å². The van der Waals surface area contributed by atoms with Crippen molar-refractivity contribution < 1.29 is 29.9 Å². The quantitative estimate of drug-likeness (QED) is 0.490. The molecule has 0 aliphatic carbocycles. The lowest BCUT2D eigenvalue weighted by Gasteiger charge is -2.19. The molecule has 0 radical (unpaired) electrons. The van der Waals surface area contributed by atoms with Crippen molar-refractivity contribution in [3.05, 3.63) is 65.2 Å². The first kappa shape index (κ1) is 17.5. The third-order valence-corrected chi connectivity index (χ3v) is 3.50. The number of amides is 1. The number of hydrogen-bond donors (Lipinski definition) is 5. The summed E-state index contributed by atoms with van der Waals surface area (Å²) in [5, 5.41) is 40.4. The fraction of sp³-hybridized carbons (Fsp3) is 0.125. The second-order valence-corrected chi connectivity index (χ2v) is 5.18. The summed E-state index contributed by atoms with van der Waals surface area (Å²) in [5.74, 6) is -3.40. The number of para-hydroxylation sites is 1. The SMILES string of the molecule is O=C(NC(Cc1cccc(C(=O)O)c1O)B(O)O)c1ccccc1. The largest absolute Gasteiger partial charge is 0.507 e. The second kappa shape index (κ2) is 7.63. The summed E-state index contributed by atoms with van der Waals surface area (Å²) in [7, 11) is -1.88. The monoisotopic (exact) mass is 329 g/mol. The highest BCUT2D eigenvalue weighted by molar-refractivity contribution is 6.43. The summed E-state index contributed by atoms with van der Waals surface area (Å²) in [5.41, 5.74) is 0.223. The number of benzene rings is 2. The summed E-state index contributed by atoms with van der Waals surface area (Å²) in [6, 6.07) is 12.3. The van der Waals surface area contributed by atoms with Crippen LogP contribution in [-0.4, -0.2) is 45.2 Å². The molecule has 2 aromatic carbocycles. The van der Waals surface area contributed by atoms with Gasteiger partial charge in [0.2, 0.25) is 0 Å². The molecule has 0 fully saturated rings. The predicted molar refractivity (Wildman–Crippen MR) is 86.7 cm³/mol. The van der Waals surface area contributed by atoms with Crippen molar-refractivity contribution in [1.82, 2.24) is 5.32 Å². The van der Waals surface area contributed by atoms with Crippen LogP contribution < -0.4 is 5.32 Å². The first-order chi connectivity index (χ1) is 11.4. The van der Waals surface area contributed by atoms with Crippen LogP contribution in [0.1, 0.15) is 26.3 Å². The Bertz CT molecular complexity index is 735. The summed E-state index contributed by atoms with van der Waals surface area (Å²) in [6.45, 7) is 0. The Labute approximate surface area is 138 Å². The Balaban J connectivity index is 2.19. The van der Waals surface area contributed by atoms with Crippen LogP contribution in [0, 0.1) is 0 Å². The normalized spacial score (nSPS) is 11.6. The number of carboxylic acids is 1. The molecular weight excluding hydrogens is 313 g/mol. The number of nitrogens with one attached hydrogen (secondary N) is 1. The fourth-order valence-electron chi connectivity index (χ4n) is 2.24. The van der Waals surface area contributed by atoms with Gasteiger partial charge in [-0.05, 0) is 30.2 Å². The molecule has 1 amide bonds. The number of carboxylic acid groups (broad SMARTS) is 1. The van der Waals surface area contributed by atoms with E-state index in [-0.39, 0.29) is 17.5 Å². The molecule has 8 heteroatoms. The lowest BCUT2D eigenvalue weighted by Crippen LogP contribution is -2.47. The standard InChI is InChI=1S/C16H16BNO6/c19-14-11(7-4-8-12(14)16(21)22)9-13(17(23)24)18-15(20)10-5-2-1-3-6-10/h1-8,13,19,23-24H,9H2,(H,18,20)(H,21,22). The van der Waals surface area contributed by atoms with Gasteiger partial charge in [-0.15, -0.1) is 0 Å². The van der Waals surface area contributed by atoms with E-state index in [0.717, 1.165) is 0 Å². The molecule has 2 rings (SSSR count). The number of carbonyl (C=O) groups is 2. The van der Waals surface area contributed by atoms with E-state index < -0.39 is 30.7 Å². The first-order valence-corrected chi connectivity index (χ1v) is 7.16. The summed E-state index contributed by atoms with van der Waals surface area (Å²) in [4.78, 5) is 23.1. The van der Waals surface area contributed by atoms with Gasteiger partial charge in [-0.2, -0.15) is 0 Å². The smallest absolute Gasteiger partial charge is 0.475 e. The Kier molecular flexibility index (Phi) is 5.57. The van der Waals surface area contributed by atoms with Crippen LogP contribution >= 0.6 is 0 Å². The van der Waals surface area contributed by atoms with E-state index >= 15 is 0 Å². The van der Waals surface area contributed by atoms with Gasteiger partial charge in [0.1, 0.15) is 11.3 Å². The van der Waals surface area contributed by atoms with E-state index in [2.05, 4.69) is 5.32 Å². The molecule has 0 aliphatic heterocycles. The fourth-order valence-corrected chi connectivity index (χ4v) is 2.24. The minimum atomic E-state index is -1.88. The van der Waals surface area contributed by atoms with Crippen molar-refractivity contribution in [2.45, 2.75) is 12.4 Å². The molecule has 0 spiro atoms. The van der Waals surface area contributed by atoms with Crippen LogP contribution in [0.25, 0.3) is 0 Å². The van der Waals surface area contributed by atoms with E-state index in [9.17, 15) is 24.7 Å². The minimum absolute atomic E-state index is 0.150. The molecule has 24 heavy (non-hydrogen) atoms. The van der Waals surface area contributed by atoms with Crippen molar-refractivity contribution in [3.8, 4) is 5.75 Å². The van der Waals surface area contributed by atoms with E-state index in [1.807, 2.05) is 0 Å². The van der Waals surface area contributed by atoms with Crippen LogP contribution in [0.3, 0.4) is 0 Å². The zero-order chi connectivity index (χ0) is 17.7. The summed E-state index contributed by atoms with van der Waals surface area (Å²) < 4.78 is 0. The van der Waals surface area contributed by atoms with Crippen molar-refractivity contribution in [2.75, 3.05) is 0 Å². The van der Waals surface area contributed by atoms with Crippen LogP contribution in [0.15, 0.2) is 48.5 Å². The highest BCUT2D eigenvalue weighted by Crippen LogP contribution is 2.24. The number of aromatic hydroxyl groups is 1. The van der Waals surface area contributed by atoms with E-state index in [4.69, 9.17) is 5.11 Å². The van der Waals surface area contributed by atoms with E-state index in [1.165, 1.54) is 18.2 Å². The average Bonchev–Trinajstić information content (AvgIpc) is 2.56. The maximum absolute atomic E-state index is 12.1. The van der Waals surface area contributed by atoms with Gasteiger partial charge in [-0.1, -0.05) is 30.3 Å². The maximum atomic E-state index is 12.1. The average molecular weight is 329 g/mol. The molecule has 1 unspecified atom stereocenters. The van der Waals surface area contributed by atoms with Crippen LogP contribution in [0.5, 0.6) is 5.75 Å². The first-order valence-electron chi connectivity index (χ1n) is 7.16. The highest BCUT2D eigenvalue weighted by atomic mass is 16.4. The van der Waals surface area contributed by atoms with Crippen molar-refractivity contribution in [2.24, 2.45) is 0 Å². The van der Waals surface area contributed by atoms with Crippen molar-refractivity contribution >= 4 is 19.0 Å². The Hall–Kier alpha value is -2.84. The number of hydrogen-bond acceptors (Lipinski definition) is 5. The zero-order valence-electron chi connectivity index (χ0n) is 12.6. The van der Waals surface area contributed by atoms with Gasteiger partial charge in [-0.25, -0.2) is 4.79 Å². The van der Waals surface area contributed by atoms with Crippen LogP contribution in [-0.2, 0) is 6.42 Å². The molecule has 2 aromatic rings. The topological polar surface area (TPSA) is 127 Å². The van der Waals surface area contributed by atoms with Gasteiger partial charge >= 0.3 is 13.1 Å². The van der Waals surface area contributed by atoms with Gasteiger partial charge in [-0.3, -0.25) is 4.79 Å². The predicted octanol–water partition coefficient (Wildman–Crippen LogP) is 0.443. The molecule has 0 aromatic heterocycles. The van der Waals surface area contributed by atoms with Crippen molar-refractivity contribution in [3.63, 3.8) is 0 Å².